The molecular weight excluding hydrogens is 300 g/mol. The van der Waals surface area contributed by atoms with E-state index in [2.05, 4.69) is 21.4 Å². The summed E-state index contributed by atoms with van der Waals surface area (Å²) in [7, 11) is 0. The molecule has 5 nitrogen and oxygen atoms in total. The zero-order chi connectivity index (χ0) is 17.1. The van der Waals surface area contributed by atoms with E-state index in [9.17, 15) is 4.79 Å². The van der Waals surface area contributed by atoms with E-state index in [1.54, 1.807) is 36.5 Å². The van der Waals surface area contributed by atoms with Crippen molar-refractivity contribution >= 4 is 17.2 Å². The van der Waals surface area contributed by atoms with Crippen LogP contribution in [-0.2, 0) is 4.79 Å². The molecule has 0 unspecified atom stereocenters. The molecule has 1 aromatic heterocycles. The van der Waals surface area contributed by atoms with Crippen LogP contribution in [0.4, 0.5) is 5.69 Å². The van der Waals surface area contributed by atoms with Crippen LogP contribution in [0.5, 0.6) is 0 Å². The third kappa shape index (κ3) is 3.33. The Labute approximate surface area is 141 Å². The molecule has 1 saturated carbocycles. The Morgan fingerprint density at radius 1 is 1.42 bits per heavy atom. The number of allylic oxidation sites excluding steroid dienone is 1. The van der Waals surface area contributed by atoms with Crippen LogP contribution in [-0.4, -0.2) is 15.9 Å². The minimum absolute atomic E-state index is 0.252. The fourth-order valence-corrected chi connectivity index (χ4v) is 2.53. The number of carbonyl (C=O) groups excluding carboxylic acids is 1. The number of anilines is 1. The van der Waals surface area contributed by atoms with Crippen molar-refractivity contribution in [3.05, 3.63) is 59.2 Å². The van der Waals surface area contributed by atoms with Crippen LogP contribution in [0, 0.1) is 18.3 Å². The molecule has 2 aromatic rings. The predicted octanol–water partition coefficient (Wildman–Crippen LogP) is 3.58. The third-order valence-electron chi connectivity index (χ3n) is 4.01. The second-order valence-corrected chi connectivity index (χ2v) is 5.85. The summed E-state index contributed by atoms with van der Waals surface area (Å²) in [5, 5.41) is 11.8. The number of aromatic nitrogens is 2. The highest BCUT2D eigenvalue weighted by atomic mass is 16.1. The highest BCUT2D eigenvalue weighted by Crippen LogP contribution is 2.39. The van der Waals surface area contributed by atoms with Gasteiger partial charge in [0.25, 0.3) is 5.91 Å². The number of nitriles is 1. The van der Waals surface area contributed by atoms with Gasteiger partial charge >= 0.3 is 0 Å². The minimum Gasteiger partial charge on any atom is -0.322 e. The van der Waals surface area contributed by atoms with Gasteiger partial charge in [0.2, 0.25) is 0 Å². The summed E-state index contributed by atoms with van der Waals surface area (Å²) in [4.78, 5) is 21.7. The molecule has 0 aliphatic heterocycles. The molecule has 0 atom stereocenters. The number of amides is 1. The maximum Gasteiger partial charge on any atom is 0.257 e. The van der Waals surface area contributed by atoms with Gasteiger partial charge < -0.3 is 5.32 Å². The standard InChI is InChI=1S/C19H18N4O/c1-3-16(18-12(2)21-11-17(23-18)14-7-8-14)19(24)22-15-6-4-5-13(9-15)10-20/h3-6,9,11,14H,7-8H2,1-2H3,(H,22,24)/b16-3+. The first kappa shape index (κ1) is 15.9. The summed E-state index contributed by atoms with van der Waals surface area (Å²) in [6.45, 7) is 3.66. The van der Waals surface area contributed by atoms with Crippen LogP contribution in [0.25, 0.3) is 5.57 Å². The van der Waals surface area contributed by atoms with Crippen LogP contribution in [0.15, 0.2) is 36.5 Å². The van der Waals surface area contributed by atoms with E-state index in [4.69, 9.17) is 5.26 Å². The number of hydrogen-bond donors (Lipinski definition) is 1. The molecule has 3 rings (SSSR count). The lowest BCUT2D eigenvalue weighted by Gasteiger charge is -2.11. The van der Waals surface area contributed by atoms with E-state index in [-0.39, 0.29) is 5.91 Å². The monoisotopic (exact) mass is 318 g/mol. The first-order valence-electron chi connectivity index (χ1n) is 7.94. The van der Waals surface area contributed by atoms with Crippen LogP contribution in [0.1, 0.15) is 48.3 Å². The topological polar surface area (TPSA) is 78.7 Å². The Morgan fingerprint density at radius 3 is 2.88 bits per heavy atom. The molecule has 0 bridgehead atoms. The van der Waals surface area contributed by atoms with Crippen molar-refractivity contribution in [2.45, 2.75) is 32.6 Å². The Balaban J connectivity index is 1.87. The van der Waals surface area contributed by atoms with E-state index in [0.29, 0.717) is 28.4 Å². The normalized spacial score (nSPS) is 14.1. The Hall–Kier alpha value is -3.00. The van der Waals surface area contributed by atoms with Gasteiger partial charge in [-0.1, -0.05) is 12.1 Å². The summed E-state index contributed by atoms with van der Waals surface area (Å²) in [5.74, 6) is 0.225. The van der Waals surface area contributed by atoms with Gasteiger partial charge in [0, 0.05) is 17.8 Å². The van der Waals surface area contributed by atoms with Crippen molar-refractivity contribution < 1.29 is 4.79 Å². The van der Waals surface area contributed by atoms with Gasteiger partial charge in [0.15, 0.2) is 0 Å². The highest BCUT2D eigenvalue weighted by Gasteiger charge is 2.27. The molecule has 1 aliphatic carbocycles. The molecule has 120 valence electrons. The van der Waals surface area contributed by atoms with Crippen LogP contribution < -0.4 is 5.32 Å². The smallest absolute Gasteiger partial charge is 0.257 e. The molecule has 1 fully saturated rings. The third-order valence-corrected chi connectivity index (χ3v) is 4.01. The van der Waals surface area contributed by atoms with Gasteiger partial charge in [0.1, 0.15) is 0 Å². The number of carbonyl (C=O) groups is 1. The van der Waals surface area contributed by atoms with Crippen molar-refractivity contribution in [1.82, 2.24) is 9.97 Å². The number of nitrogens with zero attached hydrogens (tertiary/aromatic N) is 3. The van der Waals surface area contributed by atoms with Crippen molar-refractivity contribution in [3.63, 3.8) is 0 Å². The van der Waals surface area contributed by atoms with E-state index in [1.807, 2.05) is 13.8 Å². The summed E-state index contributed by atoms with van der Waals surface area (Å²) in [5.41, 5.74) is 3.88. The van der Waals surface area contributed by atoms with E-state index in [1.165, 1.54) is 0 Å². The van der Waals surface area contributed by atoms with Crippen LogP contribution in [0.3, 0.4) is 0 Å². The number of rotatable bonds is 4. The summed E-state index contributed by atoms with van der Waals surface area (Å²) in [6.07, 6.45) is 5.82. The Morgan fingerprint density at radius 2 is 2.21 bits per heavy atom. The molecule has 24 heavy (non-hydrogen) atoms. The average Bonchev–Trinajstić information content (AvgIpc) is 3.42. The summed E-state index contributed by atoms with van der Waals surface area (Å²) in [6, 6.07) is 8.90. The van der Waals surface area contributed by atoms with Crippen molar-refractivity contribution in [2.24, 2.45) is 0 Å². The molecule has 0 saturated heterocycles. The van der Waals surface area contributed by atoms with Crippen LogP contribution >= 0.6 is 0 Å². The average molecular weight is 318 g/mol. The lowest BCUT2D eigenvalue weighted by molar-refractivity contribution is -0.111. The van der Waals surface area contributed by atoms with Gasteiger partial charge in [-0.2, -0.15) is 5.26 Å². The maximum atomic E-state index is 12.7. The molecule has 1 N–H and O–H groups in total. The predicted molar refractivity (Wildman–Crippen MR) is 92.2 cm³/mol. The van der Waals surface area contributed by atoms with Gasteiger partial charge in [-0.05, 0) is 44.9 Å². The number of aryl methyl sites for hydroxylation is 1. The quantitative estimate of drug-likeness (QED) is 0.874. The lowest BCUT2D eigenvalue weighted by atomic mass is 10.1. The zero-order valence-corrected chi connectivity index (χ0v) is 13.7. The Kier molecular flexibility index (Phi) is 4.39. The van der Waals surface area contributed by atoms with Crippen molar-refractivity contribution in [2.75, 3.05) is 5.32 Å². The van der Waals surface area contributed by atoms with E-state index < -0.39 is 0 Å². The summed E-state index contributed by atoms with van der Waals surface area (Å²) >= 11 is 0. The first-order valence-corrected chi connectivity index (χ1v) is 7.94. The molecule has 1 aromatic carbocycles. The molecule has 1 aliphatic rings. The SMILES string of the molecule is C/C=C(/C(=O)Nc1cccc(C#N)c1)c1nc(C2CC2)cnc1C. The first-order chi connectivity index (χ1) is 11.6. The second-order valence-electron chi connectivity index (χ2n) is 5.85. The van der Waals surface area contributed by atoms with Crippen LogP contribution in [0.2, 0.25) is 0 Å². The van der Waals surface area contributed by atoms with Gasteiger partial charge in [-0.25, -0.2) is 4.98 Å². The minimum atomic E-state index is -0.252. The number of hydrogen-bond acceptors (Lipinski definition) is 4. The molecule has 1 amide bonds. The van der Waals surface area contributed by atoms with Gasteiger partial charge in [0.05, 0.1) is 34.3 Å². The second kappa shape index (κ2) is 6.63. The van der Waals surface area contributed by atoms with Gasteiger partial charge in [-0.15, -0.1) is 0 Å². The van der Waals surface area contributed by atoms with E-state index in [0.717, 1.165) is 24.2 Å². The largest absolute Gasteiger partial charge is 0.322 e. The molecule has 5 heteroatoms. The number of nitrogens with one attached hydrogen (secondary N) is 1. The van der Waals surface area contributed by atoms with Gasteiger partial charge in [-0.3, -0.25) is 9.78 Å². The zero-order valence-electron chi connectivity index (χ0n) is 13.7. The molecule has 0 spiro atoms. The van der Waals surface area contributed by atoms with Crippen molar-refractivity contribution in [1.29, 1.82) is 5.26 Å². The fraction of sp³-hybridized carbons (Fsp3) is 0.263. The highest BCUT2D eigenvalue weighted by molar-refractivity contribution is 6.25. The lowest BCUT2D eigenvalue weighted by Crippen LogP contribution is -2.16. The molecule has 0 radical (unpaired) electrons. The molecule has 1 heterocycles. The van der Waals surface area contributed by atoms with Crippen molar-refractivity contribution in [3.8, 4) is 6.07 Å². The summed E-state index contributed by atoms with van der Waals surface area (Å²) < 4.78 is 0. The van der Waals surface area contributed by atoms with E-state index >= 15 is 0 Å². The molecular formula is C19H18N4O. The Bertz CT molecular complexity index is 860. The maximum absolute atomic E-state index is 12.7. The number of benzene rings is 1. The fourth-order valence-electron chi connectivity index (χ4n) is 2.53.